The number of methoxy groups -OCH3 is 1. The molecule has 7 N–H and O–H groups in total. The van der Waals surface area contributed by atoms with Crippen molar-refractivity contribution in [1.82, 2.24) is 14.8 Å². The second-order valence-corrected chi connectivity index (χ2v) is 8.32. The van der Waals surface area contributed by atoms with Crippen molar-refractivity contribution in [1.29, 1.82) is 0 Å². The molecule has 3 heterocycles. The fourth-order valence-electron chi connectivity index (χ4n) is 4.69. The Balaban J connectivity index is 0.00000156. The van der Waals surface area contributed by atoms with Crippen LogP contribution in [0.5, 0.6) is 11.5 Å². The largest absolute Gasteiger partial charge is 0.494 e. The summed E-state index contributed by atoms with van der Waals surface area (Å²) in [6.45, 7) is 3.10. The molecule has 2 aromatic heterocycles. The number of ether oxygens (including phenoxy) is 3. The Bertz CT molecular complexity index is 1390. The summed E-state index contributed by atoms with van der Waals surface area (Å²) in [4.78, 5) is 0. The summed E-state index contributed by atoms with van der Waals surface area (Å²) in [5.74, 6) is 2.53. The lowest BCUT2D eigenvalue weighted by molar-refractivity contribution is 0.0513. The van der Waals surface area contributed by atoms with Crippen LogP contribution < -0.4 is 32.0 Å². The van der Waals surface area contributed by atoms with Crippen molar-refractivity contribution in [3.8, 4) is 17.2 Å². The number of rotatable bonds is 7. The van der Waals surface area contributed by atoms with Crippen LogP contribution in [0.25, 0.3) is 16.5 Å². The minimum absolute atomic E-state index is 0.0565. The molecule has 0 spiro atoms. The summed E-state index contributed by atoms with van der Waals surface area (Å²) in [6.07, 6.45) is 2.50. The Hall–Kier alpha value is -3.67. The van der Waals surface area contributed by atoms with E-state index in [1.165, 1.54) is 11.1 Å². The van der Waals surface area contributed by atoms with Gasteiger partial charge in [0.1, 0.15) is 29.9 Å². The third kappa shape index (κ3) is 4.97. The van der Waals surface area contributed by atoms with Crippen molar-refractivity contribution in [2.45, 2.75) is 19.4 Å². The van der Waals surface area contributed by atoms with Crippen molar-refractivity contribution in [2.75, 3.05) is 50.0 Å². The number of benzene rings is 2. The van der Waals surface area contributed by atoms with Crippen LogP contribution in [0.3, 0.4) is 0 Å². The molecule has 0 aliphatic carbocycles. The van der Waals surface area contributed by atoms with Gasteiger partial charge in [0.15, 0.2) is 5.82 Å². The Morgan fingerprint density at radius 1 is 1.11 bits per heavy atom. The zero-order chi connectivity index (χ0) is 26.5. The molecule has 0 amide bonds. The maximum Gasteiger partial charge on any atom is 0.160 e. The minimum atomic E-state index is -0.103. The Morgan fingerprint density at radius 2 is 1.86 bits per heavy atom. The van der Waals surface area contributed by atoms with Crippen LogP contribution in [0.2, 0.25) is 0 Å². The molecule has 1 unspecified atom stereocenters. The van der Waals surface area contributed by atoms with Gasteiger partial charge in [-0.3, -0.25) is 10.3 Å². The van der Waals surface area contributed by atoms with E-state index in [9.17, 15) is 0 Å². The number of thiol groups is 1. The Morgan fingerprint density at radius 3 is 2.62 bits per heavy atom. The first-order valence-electron chi connectivity index (χ1n) is 11.8. The van der Waals surface area contributed by atoms with Gasteiger partial charge in [0.25, 0.3) is 0 Å². The molecule has 1 aliphatic rings. The highest BCUT2D eigenvalue weighted by molar-refractivity contribution is 7.79. The maximum atomic E-state index is 6.68. The number of nitrogens with two attached hydrogens (primary N) is 3. The molecule has 37 heavy (non-hydrogen) atoms. The van der Waals surface area contributed by atoms with Gasteiger partial charge in [-0.05, 0) is 42.9 Å². The molecule has 2 aromatic carbocycles. The molecule has 0 radical (unpaired) electrons. The number of nitrogens with zero attached hydrogens (tertiary/aromatic N) is 3. The lowest BCUT2D eigenvalue weighted by Gasteiger charge is -2.26. The van der Waals surface area contributed by atoms with E-state index in [2.05, 4.69) is 46.3 Å². The van der Waals surface area contributed by atoms with Crippen LogP contribution in [-0.2, 0) is 11.2 Å². The number of fused-ring (bicyclic) bond motifs is 2. The number of aromatic nitrogens is 3. The number of hydrogen-bond acceptors (Lipinski definition) is 10. The summed E-state index contributed by atoms with van der Waals surface area (Å²) < 4.78 is 18.8. The summed E-state index contributed by atoms with van der Waals surface area (Å²) in [7, 11) is 1.57. The summed E-state index contributed by atoms with van der Waals surface area (Å²) in [5.41, 5.74) is 22.6. The first-order chi connectivity index (χ1) is 18.0. The van der Waals surface area contributed by atoms with Crippen LogP contribution in [0, 0.1) is 6.92 Å². The number of nitrogen functional groups attached to an aromatic ring is 2. The van der Waals surface area contributed by atoms with E-state index in [4.69, 9.17) is 31.4 Å². The van der Waals surface area contributed by atoms with Gasteiger partial charge >= 0.3 is 0 Å². The topological polar surface area (TPSA) is 148 Å². The highest BCUT2D eigenvalue weighted by Crippen LogP contribution is 2.41. The van der Waals surface area contributed by atoms with Crippen molar-refractivity contribution in [2.24, 2.45) is 5.73 Å². The Kier molecular flexibility index (Phi) is 8.27. The summed E-state index contributed by atoms with van der Waals surface area (Å²) in [5, 5.41) is 13.6. The number of aryl methyl sites for hydroxylation is 1. The molecule has 0 bridgehead atoms. The van der Waals surface area contributed by atoms with E-state index in [0.29, 0.717) is 58.9 Å². The molecule has 11 heteroatoms. The fraction of sp³-hybridized carbons (Fsp3) is 0.308. The average Bonchev–Trinajstić information content (AvgIpc) is 3.20. The molecule has 1 atom stereocenters. The van der Waals surface area contributed by atoms with Crippen molar-refractivity contribution < 1.29 is 14.2 Å². The molecule has 0 saturated carbocycles. The van der Waals surface area contributed by atoms with Gasteiger partial charge in [-0.15, -0.1) is 5.10 Å². The van der Waals surface area contributed by atoms with E-state index in [0.717, 1.165) is 11.8 Å². The monoisotopic (exact) mass is 523 g/mol. The van der Waals surface area contributed by atoms with E-state index in [-0.39, 0.29) is 12.8 Å². The average molecular weight is 524 g/mol. The lowest BCUT2D eigenvalue weighted by atomic mass is 9.97. The minimum Gasteiger partial charge on any atom is -0.494 e. The van der Waals surface area contributed by atoms with Gasteiger partial charge in [0.05, 0.1) is 42.0 Å². The van der Waals surface area contributed by atoms with Crippen LogP contribution in [0.4, 0.5) is 17.5 Å². The molecule has 4 aromatic rings. The zero-order valence-corrected chi connectivity index (χ0v) is 22.1. The van der Waals surface area contributed by atoms with Gasteiger partial charge in [-0.25, -0.2) is 0 Å². The van der Waals surface area contributed by atoms with E-state index in [1.807, 2.05) is 19.1 Å². The molecule has 196 valence electrons. The van der Waals surface area contributed by atoms with Crippen LogP contribution in [0.15, 0.2) is 42.5 Å². The standard InChI is InChI=1S/C25H29N7O3.CH4S/c1-14-21-22(24(28)32(23(21)27)18-8-7-16(35-13-26)11-19(18)33-2)25(31-30-14)29-12-20-17-6-4-3-5-15(17)9-10-34-20;1-2/h3-8,11,20H,9-10,12-13,26-28H2,1-2H3,(H,29,31);2H,1H3. The first-order valence-corrected chi connectivity index (χ1v) is 12.7. The molecule has 0 fully saturated rings. The van der Waals surface area contributed by atoms with E-state index < -0.39 is 0 Å². The Labute approximate surface area is 221 Å². The van der Waals surface area contributed by atoms with Gasteiger partial charge in [0, 0.05) is 12.6 Å². The number of anilines is 3. The van der Waals surface area contributed by atoms with Gasteiger partial charge in [-0.2, -0.15) is 17.7 Å². The molecule has 10 nitrogen and oxygen atoms in total. The predicted molar refractivity (Wildman–Crippen MR) is 151 cm³/mol. The maximum absolute atomic E-state index is 6.68. The number of nitrogens with one attached hydrogen (secondary N) is 1. The lowest BCUT2D eigenvalue weighted by Crippen LogP contribution is -2.23. The van der Waals surface area contributed by atoms with Crippen molar-refractivity contribution >= 4 is 40.9 Å². The highest BCUT2D eigenvalue weighted by atomic mass is 32.1. The van der Waals surface area contributed by atoms with Crippen LogP contribution >= 0.6 is 12.6 Å². The summed E-state index contributed by atoms with van der Waals surface area (Å²) in [6, 6.07) is 13.7. The molecule has 0 saturated heterocycles. The number of hydrogen-bond donors (Lipinski definition) is 5. The van der Waals surface area contributed by atoms with E-state index in [1.54, 1.807) is 30.1 Å². The third-order valence-electron chi connectivity index (χ3n) is 6.33. The molecule has 5 rings (SSSR count). The second kappa shape index (κ2) is 11.6. The molecular weight excluding hydrogens is 490 g/mol. The second-order valence-electron chi connectivity index (χ2n) is 8.32. The normalized spacial score (nSPS) is 14.5. The zero-order valence-electron chi connectivity index (χ0n) is 21.2. The van der Waals surface area contributed by atoms with Crippen LogP contribution in [0.1, 0.15) is 22.9 Å². The van der Waals surface area contributed by atoms with Gasteiger partial charge in [-0.1, -0.05) is 24.3 Å². The fourth-order valence-corrected chi connectivity index (χ4v) is 4.69. The quantitative estimate of drug-likeness (QED) is 0.181. The highest BCUT2D eigenvalue weighted by Gasteiger charge is 2.25. The third-order valence-corrected chi connectivity index (χ3v) is 6.33. The summed E-state index contributed by atoms with van der Waals surface area (Å²) >= 11 is 3.53. The van der Waals surface area contributed by atoms with Crippen LogP contribution in [-0.4, -0.2) is 48.0 Å². The first kappa shape index (κ1) is 26.4. The van der Waals surface area contributed by atoms with Crippen molar-refractivity contribution in [3.63, 3.8) is 0 Å². The predicted octanol–water partition coefficient (Wildman–Crippen LogP) is 3.47. The molecule has 1 aliphatic heterocycles. The SMILES string of the molecule is COc1cc(OCN)ccc1-n1c(N)c2c(C)nnc(NCC3OCCc4ccccc43)c2c1N.CS. The van der Waals surface area contributed by atoms with E-state index >= 15 is 0 Å². The van der Waals surface area contributed by atoms with Gasteiger partial charge < -0.3 is 31.0 Å². The smallest absolute Gasteiger partial charge is 0.160 e. The molecular formula is C26H33N7O3S. The van der Waals surface area contributed by atoms with Gasteiger partial charge in [0.2, 0.25) is 0 Å². The van der Waals surface area contributed by atoms with Crippen molar-refractivity contribution in [3.05, 3.63) is 59.3 Å².